The Morgan fingerprint density at radius 3 is 2.68 bits per heavy atom. The number of nitrogens with one attached hydrogen (secondary N) is 1. The predicted molar refractivity (Wildman–Crippen MR) is 87.8 cm³/mol. The minimum Gasteiger partial charge on any atom is -0.344 e. The zero-order valence-electron chi connectivity index (χ0n) is 13.3. The zero-order valence-corrected chi connectivity index (χ0v) is 13.3. The molecule has 112 valence electrons. The number of aryl methyl sites for hydroxylation is 1. The van der Waals surface area contributed by atoms with Crippen LogP contribution in [0, 0.1) is 12.3 Å². The number of H-pyrrole nitrogens is 1. The van der Waals surface area contributed by atoms with Gasteiger partial charge in [0, 0.05) is 17.2 Å². The second-order valence-electron chi connectivity index (χ2n) is 6.60. The molecule has 0 aliphatic rings. The van der Waals surface area contributed by atoms with E-state index in [-0.39, 0.29) is 5.78 Å². The van der Waals surface area contributed by atoms with Gasteiger partial charge in [0.1, 0.15) is 5.52 Å². The molecule has 0 atom stereocenters. The Balaban J connectivity index is 2.15. The Kier molecular flexibility index (Phi) is 3.32. The predicted octanol–water partition coefficient (Wildman–Crippen LogP) is 4.16. The molecule has 4 heteroatoms. The van der Waals surface area contributed by atoms with Crippen molar-refractivity contribution >= 4 is 16.9 Å². The average molecular weight is 293 g/mol. The van der Waals surface area contributed by atoms with Gasteiger partial charge in [-0.05, 0) is 13.0 Å². The quantitative estimate of drug-likeness (QED) is 0.722. The first-order valence-electron chi connectivity index (χ1n) is 7.32. The van der Waals surface area contributed by atoms with Gasteiger partial charge >= 0.3 is 0 Å². The third-order valence-corrected chi connectivity index (χ3v) is 3.62. The van der Waals surface area contributed by atoms with Gasteiger partial charge in [-0.15, -0.1) is 0 Å². The first-order chi connectivity index (χ1) is 10.4. The molecule has 0 radical (unpaired) electrons. The van der Waals surface area contributed by atoms with E-state index in [1.807, 2.05) is 45.9 Å². The number of carbonyl (C=O) groups is 1. The number of aromatic nitrogens is 3. The molecule has 0 aliphatic heterocycles. The van der Waals surface area contributed by atoms with Gasteiger partial charge in [0.15, 0.2) is 11.4 Å². The summed E-state index contributed by atoms with van der Waals surface area (Å²) in [6, 6.07) is 8.10. The lowest BCUT2D eigenvalue weighted by Gasteiger charge is -2.15. The Labute approximate surface area is 129 Å². The van der Waals surface area contributed by atoms with Crippen molar-refractivity contribution in [3.8, 4) is 11.3 Å². The van der Waals surface area contributed by atoms with Crippen LogP contribution in [0.2, 0.25) is 0 Å². The summed E-state index contributed by atoms with van der Waals surface area (Å²) < 4.78 is 0. The van der Waals surface area contributed by atoms with Crippen molar-refractivity contribution in [2.24, 2.45) is 5.41 Å². The van der Waals surface area contributed by atoms with Gasteiger partial charge in [-0.2, -0.15) is 0 Å². The van der Waals surface area contributed by atoms with Crippen LogP contribution in [-0.4, -0.2) is 20.7 Å². The fourth-order valence-electron chi connectivity index (χ4n) is 2.41. The molecule has 2 aromatic heterocycles. The first kappa shape index (κ1) is 14.4. The molecular weight excluding hydrogens is 274 g/mol. The number of hydrogen-bond donors (Lipinski definition) is 1. The van der Waals surface area contributed by atoms with E-state index in [2.05, 4.69) is 21.0 Å². The van der Waals surface area contributed by atoms with Crippen LogP contribution in [0.5, 0.6) is 0 Å². The van der Waals surface area contributed by atoms with Gasteiger partial charge in [-0.3, -0.25) is 4.79 Å². The number of hydrogen-bond acceptors (Lipinski definition) is 3. The van der Waals surface area contributed by atoms with E-state index in [0.717, 1.165) is 11.3 Å². The summed E-state index contributed by atoms with van der Waals surface area (Å²) in [5.41, 5.74) is 4.38. The number of benzene rings is 1. The van der Waals surface area contributed by atoms with Gasteiger partial charge in [-0.25, -0.2) is 9.97 Å². The largest absolute Gasteiger partial charge is 0.344 e. The smallest absolute Gasteiger partial charge is 0.171 e. The first-order valence-corrected chi connectivity index (χ1v) is 7.32. The van der Waals surface area contributed by atoms with Crippen LogP contribution < -0.4 is 0 Å². The summed E-state index contributed by atoms with van der Waals surface area (Å²) in [4.78, 5) is 24.7. The summed E-state index contributed by atoms with van der Waals surface area (Å²) in [5.74, 6) is 0.0643. The maximum atomic E-state index is 12.6. The van der Waals surface area contributed by atoms with Crippen molar-refractivity contribution in [1.82, 2.24) is 15.0 Å². The summed E-state index contributed by atoms with van der Waals surface area (Å²) in [6.45, 7) is 7.77. The number of aromatic amines is 1. The van der Waals surface area contributed by atoms with E-state index in [9.17, 15) is 4.79 Å². The van der Waals surface area contributed by atoms with E-state index in [1.165, 1.54) is 5.56 Å². The Morgan fingerprint density at radius 1 is 1.23 bits per heavy atom. The fourth-order valence-corrected chi connectivity index (χ4v) is 2.41. The molecule has 0 amide bonds. The maximum Gasteiger partial charge on any atom is 0.171 e. The number of fused-ring (bicyclic) bond motifs is 1. The van der Waals surface area contributed by atoms with E-state index in [0.29, 0.717) is 16.7 Å². The Bertz CT molecular complexity index is 856. The molecule has 2 heterocycles. The van der Waals surface area contributed by atoms with Crippen molar-refractivity contribution in [2.45, 2.75) is 27.7 Å². The molecule has 1 N–H and O–H groups in total. The highest BCUT2D eigenvalue weighted by molar-refractivity contribution is 6.08. The van der Waals surface area contributed by atoms with Crippen molar-refractivity contribution in [1.29, 1.82) is 0 Å². The Hall–Kier alpha value is -2.49. The van der Waals surface area contributed by atoms with Gasteiger partial charge in [0.05, 0.1) is 17.5 Å². The molecule has 0 fully saturated rings. The molecule has 3 rings (SSSR count). The summed E-state index contributed by atoms with van der Waals surface area (Å²) in [5, 5.41) is 0. The topological polar surface area (TPSA) is 58.6 Å². The molecule has 22 heavy (non-hydrogen) atoms. The third-order valence-electron chi connectivity index (χ3n) is 3.62. The maximum absolute atomic E-state index is 12.6. The molecule has 3 aromatic rings. The lowest BCUT2D eigenvalue weighted by molar-refractivity contribution is 0.0860. The minimum absolute atomic E-state index is 0.0643. The molecule has 0 unspecified atom stereocenters. The van der Waals surface area contributed by atoms with E-state index in [4.69, 9.17) is 0 Å². The minimum atomic E-state index is -0.448. The lowest BCUT2D eigenvalue weighted by atomic mass is 9.87. The van der Waals surface area contributed by atoms with Gasteiger partial charge in [0.25, 0.3) is 0 Å². The van der Waals surface area contributed by atoms with Crippen molar-refractivity contribution in [3.63, 3.8) is 0 Å². The van der Waals surface area contributed by atoms with E-state index in [1.54, 1.807) is 12.4 Å². The standard InChI is InChI=1S/C18H19N3O/c1-11-6-5-7-12(8-11)14-10-20-17-15(21-14)13(9-19-17)16(22)18(2,3)4/h5-10H,1-4H3,(H,19,20). The van der Waals surface area contributed by atoms with Gasteiger partial charge in [0.2, 0.25) is 0 Å². The molecule has 0 aliphatic carbocycles. The number of Topliss-reactive ketones (excluding diaryl/α,β-unsaturated/α-hetero) is 1. The van der Waals surface area contributed by atoms with Crippen LogP contribution >= 0.6 is 0 Å². The monoisotopic (exact) mass is 293 g/mol. The average Bonchev–Trinajstić information content (AvgIpc) is 2.88. The molecule has 0 bridgehead atoms. The highest BCUT2D eigenvalue weighted by atomic mass is 16.1. The fraction of sp³-hybridized carbons (Fsp3) is 0.278. The van der Waals surface area contributed by atoms with Crippen LogP contribution in [0.3, 0.4) is 0 Å². The summed E-state index contributed by atoms with van der Waals surface area (Å²) >= 11 is 0. The van der Waals surface area contributed by atoms with Crippen LogP contribution in [0.25, 0.3) is 22.4 Å². The lowest BCUT2D eigenvalue weighted by Crippen LogP contribution is -2.20. The highest BCUT2D eigenvalue weighted by Gasteiger charge is 2.26. The zero-order chi connectivity index (χ0) is 15.9. The number of rotatable bonds is 2. The normalized spacial score (nSPS) is 11.8. The van der Waals surface area contributed by atoms with Crippen molar-refractivity contribution < 1.29 is 4.79 Å². The number of carbonyl (C=O) groups excluding carboxylic acids is 1. The van der Waals surface area contributed by atoms with Crippen LogP contribution in [0.1, 0.15) is 36.7 Å². The van der Waals surface area contributed by atoms with E-state index >= 15 is 0 Å². The molecule has 0 saturated heterocycles. The Morgan fingerprint density at radius 2 is 2.00 bits per heavy atom. The van der Waals surface area contributed by atoms with Gasteiger partial charge in [-0.1, -0.05) is 44.5 Å². The highest BCUT2D eigenvalue weighted by Crippen LogP contribution is 2.27. The SMILES string of the molecule is Cc1cccc(-c2cnc3[nH]cc(C(=O)C(C)(C)C)c3n2)c1. The second kappa shape index (κ2) is 5.05. The number of ketones is 1. The van der Waals surface area contributed by atoms with Crippen molar-refractivity contribution in [3.05, 3.63) is 47.8 Å². The van der Waals surface area contributed by atoms with Crippen LogP contribution in [-0.2, 0) is 0 Å². The summed E-state index contributed by atoms with van der Waals surface area (Å²) in [7, 11) is 0. The number of nitrogens with zero attached hydrogens (tertiary/aromatic N) is 2. The van der Waals surface area contributed by atoms with Crippen LogP contribution in [0.4, 0.5) is 0 Å². The molecular formula is C18H19N3O. The molecule has 0 saturated carbocycles. The summed E-state index contributed by atoms with van der Waals surface area (Å²) in [6.07, 6.45) is 3.44. The van der Waals surface area contributed by atoms with E-state index < -0.39 is 5.41 Å². The third kappa shape index (κ3) is 2.52. The molecule has 4 nitrogen and oxygen atoms in total. The van der Waals surface area contributed by atoms with Crippen LogP contribution in [0.15, 0.2) is 36.7 Å². The molecule has 0 spiro atoms. The second-order valence-corrected chi connectivity index (χ2v) is 6.60. The molecule has 1 aromatic carbocycles. The van der Waals surface area contributed by atoms with Crippen molar-refractivity contribution in [2.75, 3.05) is 0 Å². The van der Waals surface area contributed by atoms with Gasteiger partial charge < -0.3 is 4.98 Å².